The van der Waals surface area contributed by atoms with Crippen LogP contribution in [0.3, 0.4) is 0 Å². The number of aliphatic hydroxyl groups is 1. The third kappa shape index (κ3) is 4.72. The van der Waals surface area contributed by atoms with Gasteiger partial charge in [0, 0.05) is 19.7 Å². The van der Waals surface area contributed by atoms with Gasteiger partial charge in [-0.1, -0.05) is 19.3 Å². The lowest BCUT2D eigenvalue weighted by Crippen LogP contribution is -2.50. The number of aliphatic hydroxyl groups excluding tert-OH is 1. The second kappa shape index (κ2) is 7.18. The monoisotopic (exact) mass is 294 g/mol. The molecule has 0 radical (unpaired) electrons. The second-order valence-corrected chi connectivity index (χ2v) is 6.60. The molecule has 3 N–H and O–H groups in total. The van der Waals surface area contributed by atoms with Crippen LogP contribution in [0.2, 0.25) is 0 Å². The number of rotatable bonds is 7. The average molecular weight is 294 g/mol. The Labute approximate surface area is 113 Å². The second-order valence-electron chi connectivity index (χ2n) is 4.83. The Morgan fingerprint density at radius 1 is 1.37 bits per heavy atom. The van der Waals surface area contributed by atoms with E-state index in [1.807, 2.05) is 0 Å². The molecule has 0 aromatic carbocycles. The van der Waals surface area contributed by atoms with Gasteiger partial charge in [-0.2, -0.15) is 17.4 Å². The summed E-state index contributed by atoms with van der Waals surface area (Å²) in [7, 11) is -2.37. The maximum absolute atomic E-state index is 12.1. The topological polar surface area (TPSA) is 107 Å². The van der Waals surface area contributed by atoms with E-state index < -0.39 is 22.2 Å². The van der Waals surface area contributed by atoms with Crippen LogP contribution < -0.4 is 4.72 Å². The van der Waals surface area contributed by atoms with Crippen LogP contribution in [0, 0.1) is 0 Å². The third-order valence-corrected chi connectivity index (χ3v) is 5.11. The number of carbonyl (C=O) groups is 1. The molecule has 7 nitrogen and oxygen atoms in total. The summed E-state index contributed by atoms with van der Waals surface area (Å²) in [5.74, 6) is -1.28. The Morgan fingerprint density at radius 3 is 2.42 bits per heavy atom. The van der Waals surface area contributed by atoms with Gasteiger partial charge in [0.05, 0.1) is 0 Å². The summed E-state index contributed by atoms with van der Waals surface area (Å²) in [6.07, 6.45) is 4.55. The Balaban J connectivity index is 2.69. The summed E-state index contributed by atoms with van der Waals surface area (Å²) in [5, 5.41) is 17.7. The first-order chi connectivity index (χ1) is 8.88. The maximum Gasteiger partial charge on any atom is 0.321 e. The zero-order chi connectivity index (χ0) is 14.5. The van der Waals surface area contributed by atoms with Crippen LogP contribution in [0.1, 0.15) is 38.5 Å². The summed E-state index contributed by atoms with van der Waals surface area (Å²) in [5.41, 5.74) is 0. The molecule has 0 aromatic heterocycles. The first-order valence-electron chi connectivity index (χ1n) is 6.47. The highest BCUT2D eigenvalue weighted by atomic mass is 32.2. The van der Waals surface area contributed by atoms with Gasteiger partial charge in [0.15, 0.2) is 0 Å². The van der Waals surface area contributed by atoms with E-state index in [0.717, 1.165) is 32.1 Å². The van der Waals surface area contributed by atoms with Crippen LogP contribution >= 0.6 is 0 Å². The molecule has 1 saturated carbocycles. The van der Waals surface area contributed by atoms with Gasteiger partial charge in [0.1, 0.15) is 6.04 Å². The van der Waals surface area contributed by atoms with Crippen LogP contribution in [0.15, 0.2) is 0 Å². The van der Waals surface area contributed by atoms with Crippen molar-refractivity contribution in [2.45, 2.75) is 50.6 Å². The van der Waals surface area contributed by atoms with Crippen molar-refractivity contribution in [2.24, 2.45) is 0 Å². The SMILES string of the molecule is CN(C1CCCCC1)S(=O)(=O)N[C@@H](CCO)C(=O)O. The Kier molecular flexibility index (Phi) is 6.18. The first kappa shape index (κ1) is 16.4. The van der Waals surface area contributed by atoms with Crippen molar-refractivity contribution in [3.8, 4) is 0 Å². The van der Waals surface area contributed by atoms with Crippen molar-refractivity contribution in [2.75, 3.05) is 13.7 Å². The summed E-state index contributed by atoms with van der Waals surface area (Å²) in [6, 6.07) is -1.36. The summed E-state index contributed by atoms with van der Waals surface area (Å²) in [4.78, 5) is 10.9. The molecular weight excluding hydrogens is 272 g/mol. The zero-order valence-corrected chi connectivity index (χ0v) is 11.9. The van der Waals surface area contributed by atoms with E-state index in [4.69, 9.17) is 10.2 Å². The quantitative estimate of drug-likeness (QED) is 0.609. The van der Waals surface area contributed by atoms with Crippen molar-refractivity contribution in [1.82, 2.24) is 9.03 Å². The lowest BCUT2D eigenvalue weighted by molar-refractivity contribution is -0.139. The van der Waals surface area contributed by atoms with E-state index in [9.17, 15) is 13.2 Å². The molecule has 0 aliphatic heterocycles. The zero-order valence-electron chi connectivity index (χ0n) is 11.1. The van der Waals surface area contributed by atoms with Gasteiger partial charge in [-0.05, 0) is 19.3 Å². The van der Waals surface area contributed by atoms with Crippen LogP contribution in [-0.4, -0.2) is 54.6 Å². The predicted octanol–water partition coefficient (Wildman–Crippen LogP) is -0.0791. The standard InChI is InChI=1S/C11H22N2O5S/c1-13(9-5-3-2-4-6-9)19(17,18)12-10(7-8-14)11(15)16/h9-10,12,14H,2-8H2,1H3,(H,15,16)/t10-/m0/s1. The van der Waals surface area contributed by atoms with E-state index in [1.165, 1.54) is 11.4 Å². The van der Waals surface area contributed by atoms with Crippen molar-refractivity contribution in [3.63, 3.8) is 0 Å². The van der Waals surface area contributed by atoms with Crippen molar-refractivity contribution in [3.05, 3.63) is 0 Å². The molecule has 1 atom stereocenters. The van der Waals surface area contributed by atoms with E-state index >= 15 is 0 Å². The molecule has 0 spiro atoms. The number of carboxylic acids is 1. The molecule has 1 aliphatic carbocycles. The number of hydrogen-bond acceptors (Lipinski definition) is 4. The molecule has 1 rings (SSSR count). The van der Waals surface area contributed by atoms with Crippen LogP contribution in [0.25, 0.3) is 0 Å². The lowest BCUT2D eigenvalue weighted by atomic mass is 9.96. The number of aliphatic carboxylic acids is 1. The Morgan fingerprint density at radius 2 is 1.95 bits per heavy atom. The first-order valence-corrected chi connectivity index (χ1v) is 7.91. The fraction of sp³-hybridized carbons (Fsp3) is 0.909. The lowest BCUT2D eigenvalue weighted by Gasteiger charge is -2.31. The van der Waals surface area contributed by atoms with Gasteiger partial charge in [-0.15, -0.1) is 0 Å². The highest BCUT2D eigenvalue weighted by Gasteiger charge is 2.31. The highest BCUT2D eigenvalue weighted by Crippen LogP contribution is 2.23. The molecule has 0 unspecified atom stereocenters. The van der Waals surface area contributed by atoms with Gasteiger partial charge in [0.25, 0.3) is 10.2 Å². The van der Waals surface area contributed by atoms with Crippen molar-refractivity contribution >= 4 is 16.2 Å². The van der Waals surface area contributed by atoms with Crippen LogP contribution in [0.5, 0.6) is 0 Å². The summed E-state index contributed by atoms with van der Waals surface area (Å²) >= 11 is 0. The minimum Gasteiger partial charge on any atom is -0.480 e. The van der Waals surface area contributed by atoms with E-state index in [-0.39, 0.29) is 19.1 Å². The minimum atomic E-state index is -3.83. The highest BCUT2D eigenvalue weighted by molar-refractivity contribution is 7.87. The van der Waals surface area contributed by atoms with Crippen molar-refractivity contribution < 1.29 is 23.4 Å². The molecule has 0 saturated heterocycles. The average Bonchev–Trinajstić information content (AvgIpc) is 2.38. The minimum absolute atomic E-state index is 0.0742. The molecule has 8 heteroatoms. The fourth-order valence-corrected chi connectivity index (χ4v) is 3.61. The maximum atomic E-state index is 12.1. The van der Waals surface area contributed by atoms with Crippen LogP contribution in [0.4, 0.5) is 0 Å². The molecule has 0 bridgehead atoms. The third-order valence-electron chi connectivity index (χ3n) is 3.48. The van der Waals surface area contributed by atoms with E-state index in [0.29, 0.717) is 0 Å². The van der Waals surface area contributed by atoms with E-state index in [1.54, 1.807) is 0 Å². The fourth-order valence-electron chi connectivity index (χ4n) is 2.27. The van der Waals surface area contributed by atoms with E-state index in [2.05, 4.69) is 4.72 Å². The summed E-state index contributed by atoms with van der Waals surface area (Å²) < 4.78 is 27.5. The van der Waals surface area contributed by atoms with Gasteiger partial charge >= 0.3 is 5.97 Å². The number of carboxylic acid groups (broad SMARTS) is 1. The van der Waals surface area contributed by atoms with Gasteiger partial charge in [0.2, 0.25) is 0 Å². The van der Waals surface area contributed by atoms with Crippen molar-refractivity contribution in [1.29, 1.82) is 0 Å². The Hall–Kier alpha value is -0.700. The van der Waals surface area contributed by atoms with Gasteiger partial charge < -0.3 is 10.2 Å². The molecular formula is C11H22N2O5S. The molecule has 0 heterocycles. The molecule has 19 heavy (non-hydrogen) atoms. The van der Waals surface area contributed by atoms with Gasteiger partial charge in [-0.3, -0.25) is 4.79 Å². The molecule has 0 aromatic rings. The van der Waals surface area contributed by atoms with Gasteiger partial charge in [-0.25, -0.2) is 0 Å². The largest absolute Gasteiger partial charge is 0.480 e. The predicted molar refractivity (Wildman–Crippen MR) is 69.8 cm³/mol. The number of nitrogens with one attached hydrogen (secondary N) is 1. The summed E-state index contributed by atoms with van der Waals surface area (Å²) in [6.45, 7) is -0.382. The normalized spacial score (nSPS) is 19.5. The molecule has 1 fully saturated rings. The Bertz CT molecular complexity index is 392. The van der Waals surface area contributed by atoms with Crippen LogP contribution in [-0.2, 0) is 15.0 Å². The molecule has 1 aliphatic rings. The molecule has 112 valence electrons. The molecule has 0 amide bonds. The smallest absolute Gasteiger partial charge is 0.321 e. The number of nitrogens with zero attached hydrogens (tertiary/aromatic N) is 1. The number of hydrogen-bond donors (Lipinski definition) is 3.